The Hall–Kier alpha value is -1.39. The smallest absolute Gasteiger partial charge is 0.226 e. The highest BCUT2D eigenvalue weighted by Crippen LogP contribution is 2.23. The van der Waals surface area contributed by atoms with Gasteiger partial charge in [-0.2, -0.15) is 4.98 Å². The quantitative estimate of drug-likeness (QED) is 0.654. The van der Waals surface area contributed by atoms with Crippen LogP contribution in [0.5, 0.6) is 5.88 Å². The third-order valence-electron chi connectivity index (χ3n) is 2.08. The van der Waals surface area contributed by atoms with Crippen LogP contribution in [0, 0.1) is 0 Å². The molecule has 0 spiro atoms. The number of hydrogen-bond acceptors (Lipinski definition) is 4. The summed E-state index contributed by atoms with van der Waals surface area (Å²) in [7, 11) is 0. The predicted octanol–water partition coefficient (Wildman–Crippen LogP) is 2.04. The van der Waals surface area contributed by atoms with Gasteiger partial charge >= 0.3 is 0 Å². The lowest BCUT2D eigenvalue weighted by Gasteiger charge is -2.07. The summed E-state index contributed by atoms with van der Waals surface area (Å²) in [4.78, 5) is 8.11. The van der Waals surface area contributed by atoms with Gasteiger partial charge < -0.3 is 9.84 Å². The summed E-state index contributed by atoms with van der Waals surface area (Å²) in [6.45, 7) is 0.505. The molecule has 0 aliphatic rings. The number of rotatable bonds is 4. The summed E-state index contributed by atoms with van der Waals surface area (Å²) < 4.78 is 5.44. The first-order chi connectivity index (χ1) is 7.81. The van der Waals surface area contributed by atoms with Gasteiger partial charge in [0.05, 0.1) is 17.5 Å². The molecule has 2 aromatic rings. The average molecular weight is 239 g/mol. The molecule has 0 atom stereocenters. The molecule has 1 heterocycles. The molecule has 1 N–H and O–H groups in total. The molecule has 0 fully saturated rings. The van der Waals surface area contributed by atoms with Crippen LogP contribution in [0.2, 0.25) is 5.28 Å². The normalized spacial score (nSPS) is 10.6. The number of para-hydroxylation sites is 1. The van der Waals surface area contributed by atoms with E-state index in [1.165, 1.54) is 0 Å². The molecule has 1 aromatic carbocycles. The van der Waals surface area contributed by atoms with E-state index in [0.717, 1.165) is 10.9 Å². The third-order valence-corrected chi connectivity index (χ3v) is 2.25. The number of halogens is 1. The minimum absolute atomic E-state index is 0.0940. The fraction of sp³-hybridized carbons (Fsp3) is 0.273. The van der Waals surface area contributed by atoms with Crippen molar-refractivity contribution < 1.29 is 9.84 Å². The summed E-state index contributed by atoms with van der Waals surface area (Å²) in [6.07, 6.45) is 0.565. The number of benzene rings is 1. The van der Waals surface area contributed by atoms with Crippen LogP contribution in [0.1, 0.15) is 6.42 Å². The Bertz CT molecular complexity index is 490. The van der Waals surface area contributed by atoms with Crippen LogP contribution < -0.4 is 4.74 Å². The zero-order valence-electron chi connectivity index (χ0n) is 8.56. The van der Waals surface area contributed by atoms with E-state index < -0.39 is 0 Å². The topological polar surface area (TPSA) is 55.2 Å². The van der Waals surface area contributed by atoms with Crippen molar-refractivity contribution in [2.45, 2.75) is 6.42 Å². The van der Waals surface area contributed by atoms with Crippen molar-refractivity contribution in [3.63, 3.8) is 0 Å². The molecule has 4 nitrogen and oxygen atoms in total. The van der Waals surface area contributed by atoms with Crippen molar-refractivity contribution in [3.8, 4) is 5.88 Å². The lowest BCUT2D eigenvalue weighted by molar-refractivity contribution is 0.230. The molecule has 0 aliphatic heterocycles. The minimum Gasteiger partial charge on any atom is -0.477 e. The van der Waals surface area contributed by atoms with Crippen LogP contribution in [0.3, 0.4) is 0 Å². The standard InChI is InChI=1S/C11H11ClN2O2/c12-11-13-9-5-2-1-4-8(9)10(14-11)16-7-3-6-15/h1-2,4-5,15H,3,6-7H2. The molecule has 0 bridgehead atoms. The van der Waals surface area contributed by atoms with Crippen LogP contribution in [0.15, 0.2) is 24.3 Å². The first-order valence-corrected chi connectivity index (χ1v) is 5.35. The molecule has 1 aromatic heterocycles. The minimum atomic E-state index is 0.0940. The first-order valence-electron chi connectivity index (χ1n) is 4.97. The van der Waals surface area contributed by atoms with Crippen LogP contribution in [0.25, 0.3) is 10.9 Å². The van der Waals surface area contributed by atoms with E-state index in [1.54, 1.807) is 0 Å². The van der Waals surface area contributed by atoms with Gasteiger partial charge in [-0.3, -0.25) is 0 Å². The summed E-state index contributed by atoms with van der Waals surface area (Å²) in [6, 6.07) is 7.49. The molecule has 0 aliphatic carbocycles. The van der Waals surface area contributed by atoms with Gasteiger partial charge in [0.25, 0.3) is 0 Å². The monoisotopic (exact) mass is 238 g/mol. The Balaban J connectivity index is 2.34. The van der Waals surface area contributed by atoms with Gasteiger partial charge in [0.1, 0.15) is 0 Å². The highest BCUT2D eigenvalue weighted by Gasteiger charge is 2.06. The number of nitrogens with zero attached hydrogens (tertiary/aromatic N) is 2. The molecule has 0 saturated carbocycles. The van der Waals surface area contributed by atoms with Gasteiger partial charge in [0.15, 0.2) is 0 Å². The summed E-state index contributed by atoms with van der Waals surface area (Å²) in [5.41, 5.74) is 0.751. The van der Waals surface area contributed by atoms with Gasteiger partial charge in [-0.05, 0) is 23.7 Å². The summed E-state index contributed by atoms with van der Waals surface area (Å²) in [5, 5.41) is 9.66. The van der Waals surface area contributed by atoms with Gasteiger partial charge in [-0.1, -0.05) is 12.1 Å². The Morgan fingerprint density at radius 1 is 1.25 bits per heavy atom. The number of aliphatic hydroxyl groups excluding tert-OH is 1. The predicted molar refractivity (Wildman–Crippen MR) is 61.7 cm³/mol. The lowest BCUT2D eigenvalue weighted by atomic mass is 10.2. The largest absolute Gasteiger partial charge is 0.477 e. The highest BCUT2D eigenvalue weighted by atomic mass is 35.5. The average Bonchev–Trinajstić information content (AvgIpc) is 2.29. The van der Waals surface area contributed by atoms with Crippen LogP contribution in [0.4, 0.5) is 0 Å². The second-order valence-corrected chi connectivity index (χ2v) is 3.58. The fourth-order valence-corrected chi connectivity index (χ4v) is 1.53. The molecule has 5 heteroatoms. The third kappa shape index (κ3) is 2.40. The number of ether oxygens (including phenoxy) is 1. The van der Waals surface area contributed by atoms with Crippen molar-refractivity contribution >= 4 is 22.5 Å². The number of hydrogen-bond donors (Lipinski definition) is 1. The van der Waals surface area contributed by atoms with E-state index in [4.69, 9.17) is 21.4 Å². The zero-order chi connectivity index (χ0) is 11.4. The van der Waals surface area contributed by atoms with Crippen molar-refractivity contribution in [2.24, 2.45) is 0 Å². The van der Waals surface area contributed by atoms with Crippen LogP contribution >= 0.6 is 11.6 Å². The Kier molecular flexibility index (Phi) is 3.54. The van der Waals surface area contributed by atoms with Crippen molar-refractivity contribution in [1.29, 1.82) is 0 Å². The molecular formula is C11H11ClN2O2. The molecule has 16 heavy (non-hydrogen) atoms. The number of aromatic nitrogens is 2. The van der Waals surface area contributed by atoms with Crippen LogP contribution in [-0.2, 0) is 0 Å². The van der Waals surface area contributed by atoms with E-state index in [1.807, 2.05) is 24.3 Å². The molecule has 0 radical (unpaired) electrons. The van der Waals surface area contributed by atoms with E-state index in [-0.39, 0.29) is 11.9 Å². The lowest BCUT2D eigenvalue weighted by Crippen LogP contribution is -2.02. The maximum absolute atomic E-state index is 8.67. The second kappa shape index (κ2) is 5.09. The SMILES string of the molecule is OCCCOc1nc(Cl)nc2ccccc12. The molecule has 0 unspecified atom stereocenters. The maximum atomic E-state index is 8.67. The van der Waals surface area contributed by atoms with Gasteiger partial charge in [0, 0.05) is 13.0 Å². The summed E-state index contributed by atoms with van der Waals surface area (Å²) in [5.74, 6) is 0.462. The maximum Gasteiger partial charge on any atom is 0.226 e. The molecule has 0 amide bonds. The van der Waals surface area contributed by atoms with Gasteiger partial charge in [-0.25, -0.2) is 4.98 Å². The molecular weight excluding hydrogens is 228 g/mol. The Labute approximate surface area is 97.9 Å². The number of fused-ring (bicyclic) bond motifs is 1. The summed E-state index contributed by atoms with van der Waals surface area (Å²) >= 11 is 5.79. The van der Waals surface area contributed by atoms with Crippen molar-refractivity contribution in [1.82, 2.24) is 9.97 Å². The van der Waals surface area contributed by atoms with Crippen LogP contribution in [-0.4, -0.2) is 28.3 Å². The molecule has 0 saturated heterocycles. The van der Waals surface area contributed by atoms with Gasteiger partial charge in [0.2, 0.25) is 11.2 Å². The van der Waals surface area contributed by atoms with E-state index in [0.29, 0.717) is 18.9 Å². The van der Waals surface area contributed by atoms with Gasteiger partial charge in [-0.15, -0.1) is 0 Å². The van der Waals surface area contributed by atoms with Crippen molar-refractivity contribution in [3.05, 3.63) is 29.5 Å². The van der Waals surface area contributed by atoms with E-state index in [9.17, 15) is 0 Å². The van der Waals surface area contributed by atoms with E-state index >= 15 is 0 Å². The first kappa shape index (κ1) is 11.1. The number of aliphatic hydroxyl groups is 1. The molecule has 84 valence electrons. The Morgan fingerprint density at radius 2 is 2.06 bits per heavy atom. The molecule has 2 rings (SSSR count). The van der Waals surface area contributed by atoms with E-state index in [2.05, 4.69) is 9.97 Å². The fourth-order valence-electron chi connectivity index (χ4n) is 1.36. The second-order valence-electron chi connectivity index (χ2n) is 3.24. The Morgan fingerprint density at radius 3 is 2.88 bits per heavy atom. The van der Waals surface area contributed by atoms with Crippen molar-refractivity contribution in [2.75, 3.05) is 13.2 Å². The zero-order valence-corrected chi connectivity index (χ0v) is 9.31. The highest BCUT2D eigenvalue weighted by molar-refractivity contribution is 6.28.